The molecular weight excluding hydrogens is 268 g/mol. The maximum atomic E-state index is 10.9. The van der Waals surface area contributed by atoms with Gasteiger partial charge in [-0.2, -0.15) is 15.0 Å². The molecule has 1 heterocycles. The average Bonchev–Trinajstić information content (AvgIpc) is 3.17. The number of nitrogens with one attached hydrogen (secondary N) is 1. The zero-order valence-electron chi connectivity index (χ0n) is 11.9. The molecule has 6 nitrogen and oxygen atoms in total. The van der Waals surface area contributed by atoms with Crippen LogP contribution in [0.2, 0.25) is 0 Å². The van der Waals surface area contributed by atoms with Crippen LogP contribution in [-0.2, 0) is 17.9 Å². The second-order valence-electron chi connectivity index (χ2n) is 5.29. The van der Waals surface area contributed by atoms with Crippen molar-refractivity contribution in [2.24, 2.45) is 5.92 Å². The quantitative estimate of drug-likeness (QED) is 0.850. The molecule has 2 aromatic rings. The lowest BCUT2D eigenvalue weighted by Crippen LogP contribution is -2.03. The summed E-state index contributed by atoms with van der Waals surface area (Å²) in [6, 6.07) is 7.96. The number of benzene rings is 1. The molecule has 0 bridgehead atoms. The minimum Gasteiger partial charge on any atom is -0.481 e. The van der Waals surface area contributed by atoms with Gasteiger partial charge in [0, 0.05) is 5.69 Å². The van der Waals surface area contributed by atoms with Crippen molar-refractivity contribution in [2.75, 3.05) is 5.32 Å². The van der Waals surface area contributed by atoms with E-state index in [1.807, 2.05) is 31.2 Å². The topological polar surface area (TPSA) is 80.0 Å². The molecule has 0 unspecified atom stereocenters. The van der Waals surface area contributed by atoms with Crippen molar-refractivity contribution in [1.82, 2.24) is 15.0 Å². The number of aryl methyl sites for hydroxylation is 1. The highest BCUT2D eigenvalue weighted by Gasteiger charge is 2.43. The van der Waals surface area contributed by atoms with Gasteiger partial charge in [0.2, 0.25) is 0 Å². The van der Waals surface area contributed by atoms with Crippen LogP contribution in [0.15, 0.2) is 30.5 Å². The smallest absolute Gasteiger partial charge is 0.307 e. The molecule has 110 valence electrons. The van der Waals surface area contributed by atoms with Crippen LogP contribution in [0.1, 0.15) is 30.5 Å². The van der Waals surface area contributed by atoms with Crippen molar-refractivity contribution in [3.63, 3.8) is 0 Å². The lowest BCUT2D eigenvalue weighted by Gasteiger charge is -2.05. The number of rotatable bonds is 6. The molecular formula is C15H18N4O2. The van der Waals surface area contributed by atoms with Gasteiger partial charge in [-0.1, -0.05) is 12.1 Å². The SMILES string of the molecule is CCn1ncc(CNc2ccc([C@@H]3C[C@H]3C(=O)O)cc2)n1. The number of aliphatic carboxylic acids is 1. The molecule has 1 aromatic heterocycles. The number of anilines is 1. The summed E-state index contributed by atoms with van der Waals surface area (Å²) in [5.74, 6) is -0.713. The normalized spacial score (nSPS) is 20.2. The zero-order chi connectivity index (χ0) is 14.8. The number of hydrogen-bond acceptors (Lipinski definition) is 4. The van der Waals surface area contributed by atoms with Crippen LogP contribution in [-0.4, -0.2) is 26.1 Å². The van der Waals surface area contributed by atoms with E-state index in [0.29, 0.717) is 6.54 Å². The summed E-state index contributed by atoms with van der Waals surface area (Å²) < 4.78 is 0. The molecule has 0 aliphatic heterocycles. The fourth-order valence-corrected chi connectivity index (χ4v) is 2.44. The molecule has 0 saturated heterocycles. The molecule has 3 rings (SSSR count). The van der Waals surface area contributed by atoms with Crippen LogP contribution in [0.3, 0.4) is 0 Å². The number of hydrogen-bond donors (Lipinski definition) is 2. The molecule has 21 heavy (non-hydrogen) atoms. The summed E-state index contributed by atoms with van der Waals surface area (Å²) in [6.07, 6.45) is 2.51. The lowest BCUT2D eigenvalue weighted by molar-refractivity contribution is -0.138. The number of aromatic nitrogens is 3. The third-order valence-corrected chi connectivity index (χ3v) is 3.79. The van der Waals surface area contributed by atoms with Crippen molar-refractivity contribution in [3.05, 3.63) is 41.7 Å². The van der Waals surface area contributed by atoms with E-state index in [2.05, 4.69) is 15.5 Å². The van der Waals surface area contributed by atoms with Gasteiger partial charge in [-0.15, -0.1) is 0 Å². The fourth-order valence-electron chi connectivity index (χ4n) is 2.44. The van der Waals surface area contributed by atoms with Crippen molar-refractivity contribution >= 4 is 11.7 Å². The van der Waals surface area contributed by atoms with E-state index in [1.54, 1.807) is 11.0 Å². The average molecular weight is 286 g/mol. The van der Waals surface area contributed by atoms with Gasteiger partial charge >= 0.3 is 5.97 Å². The van der Waals surface area contributed by atoms with Gasteiger partial charge in [0.15, 0.2) is 0 Å². The lowest BCUT2D eigenvalue weighted by atomic mass is 10.1. The Hall–Kier alpha value is -2.37. The van der Waals surface area contributed by atoms with Crippen LogP contribution in [0.5, 0.6) is 0 Å². The Morgan fingerprint density at radius 1 is 1.43 bits per heavy atom. The third kappa shape index (κ3) is 3.04. The van der Waals surface area contributed by atoms with Gasteiger partial charge in [0.05, 0.1) is 25.2 Å². The summed E-state index contributed by atoms with van der Waals surface area (Å²) in [5.41, 5.74) is 3.00. The predicted octanol–water partition coefficient (Wildman–Crippen LogP) is 2.10. The molecule has 1 aromatic carbocycles. The third-order valence-electron chi connectivity index (χ3n) is 3.79. The van der Waals surface area contributed by atoms with E-state index < -0.39 is 5.97 Å². The molecule has 0 spiro atoms. The standard InChI is InChI=1S/C15H18N4O2/c1-2-19-17-9-12(18-19)8-16-11-5-3-10(4-6-11)13-7-14(13)15(20)21/h3-6,9,13-14,16H,2,7-8H2,1H3,(H,20,21)/t13-,14+/m0/s1. The van der Waals surface area contributed by atoms with E-state index >= 15 is 0 Å². The van der Waals surface area contributed by atoms with Gasteiger partial charge < -0.3 is 10.4 Å². The predicted molar refractivity (Wildman–Crippen MR) is 77.9 cm³/mol. The van der Waals surface area contributed by atoms with Crippen LogP contribution in [0.4, 0.5) is 5.69 Å². The van der Waals surface area contributed by atoms with Crippen molar-refractivity contribution in [1.29, 1.82) is 0 Å². The highest BCUT2D eigenvalue weighted by Crippen LogP contribution is 2.47. The van der Waals surface area contributed by atoms with Crippen molar-refractivity contribution in [2.45, 2.75) is 32.4 Å². The molecule has 2 N–H and O–H groups in total. The fraction of sp³-hybridized carbons (Fsp3) is 0.400. The Labute approximate surface area is 122 Å². The number of nitrogens with zero attached hydrogens (tertiary/aromatic N) is 3. The Morgan fingerprint density at radius 3 is 2.76 bits per heavy atom. The van der Waals surface area contributed by atoms with E-state index in [-0.39, 0.29) is 11.8 Å². The van der Waals surface area contributed by atoms with Gasteiger partial charge in [-0.05, 0) is 37.0 Å². The van der Waals surface area contributed by atoms with Crippen LogP contribution in [0.25, 0.3) is 0 Å². The minimum absolute atomic E-state index is 0.181. The molecule has 0 amide bonds. The van der Waals surface area contributed by atoms with E-state index in [4.69, 9.17) is 5.11 Å². The first-order valence-electron chi connectivity index (χ1n) is 7.13. The van der Waals surface area contributed by atoms with Crippen molar-refractivity contribution < 1.29 is 9.90 Å². The Morgan fingerprint density at radius 2 is 2.19 bits per heavy atom. The van der Waals surface area contributed by atoms with Gasteiger partial charge in [-0.25, -0.2) is 0 Å². The Kier molecular flexibility index (Phi) is 3.60. The molecule has 1 saturated carbocycles. The minimum atomic E-state index is -0.693. The number of carboxylic acids is 1. The van der Waals surface area contributed by atoms with Crippen molar-refractivity contribution in [3.8, 4) is 0 Å². The molecule has 1 aliphatic carbocycles. The molecule has 2 atom stereocenters. The summed E-state index contributed by atoms with van der Waals surface area (Å²) in [7, 11) is 0. The monoisotopic (exact) mass is 286 g/mol. The van der Waals surface area contributed by atoms with E-state index in [1.165, 1.54) is 0 Å². The molecule has 0 radical (unpaired) electrons. The maximum Gasteiger partial charge on any atom is 0.307 e. The van der Waals surface area contributed by atoms with Gasteiger partial charge in [0.1, 0.15) is 5.69 Å². The first kappa shape index (κ1) is 13.6. The summed E-state index contributed by atoms with van der Waals surface area (Å²) in [5, 5.41) is 20.7. The second kappa shape index (κ2) is 5.55. The zero-order valence-corrected chi connectivity index (χ0v) is 11.9. The number of carboxylic acid groups (broad SMARTS) is 1. The van der Waals surface area contributed by atoms with E-state index in [0.717, 1.165) is 29.9 Å². The van der Waals surface area contributed by atoms with Crippen LogP contribution >= 0.6 is 0 Å². The first-order chi connectivity index (χ1) is 10.2. The number of carbonyl (C=O) groups is 1. The summed E-state index contributed by atoms with van der Waals surface area (Å²) >= 11 is 0. The van der Waals surface area contributed by atoms with Crippen LogP contribution < -0.4 is 5.32 Å². The summed E-state index contributed by atoms with van der Waals surface area (Å²) in [4.78, 5) is 12.5. The maximum absolute atomic E-state index is 10.9. The van der Waals surface area contributed by atoms with Gasteiger partial charge in [0.25, 0.3) is 0 Å². The highest BCUT2D eigenvalue weighted by molar-refractivity contribution is 5.75. The molecule has 6 heteroatoms. The first-order valence-corrected chi connectivity index (χ1v) is 7.13. The van der Waals surface area contributed by atoms with Crippen LogP contribution in [0, 0.1) is 5.92 Å². The largest absolute Gasteiger partial charge is 0.481 e. The molecule has 1 fully saturated rings. The second-order valence-corrected chi connectivity index (χ2v) is 5.29. The highest BCUT2D eigenvalue weighted by atomic mass is 16.4. The molecule has 1 aliphatic rings. The van der Waals surface area contributed by atoms with Gasteiger partial charge in [-0.3, -0.25) is 4.79 Å². The van der Waals surface area contributed by atoms with E-state index in [9.17, 15) is 4.79 Å². The Balaban J connectivity index is 1.56. The Bertz CT molecular complexity index is 635. The summed E-state index contributed by atoms with van der Waals surface area (Å²) in [6.45, 7) is 3.39.